The molecule has 0 unspecified atom stereocenters. The third-order valence-corrected chi connectivity index (χ3v) is 3.81. The lowest BCUT2D eigenvalue weighted by Gasteiger charge is -2.21. The molecule has 0 spiro atoms. The smallest absolute Gasteiger partial charge is 0.223 e. The van der Waals surface area contributed by atoms with Crippen LogP contribution in [0.4, 0.5) is 0 Å². The molecule has 4 nitrogen and oxygen atoms in total. The number of ether oxygens (including phenoxy) is 2. The predicted octanol–water partition coefficient (Wildman–Crippen LogP) is 2.23. The molecule has 0 aliphatic carbocycles. The topological polar surface area (TPSA) is 47.6 Å². The van der Waals surface area contributed by atoms with Gasteiger partial charge in [-0.05, 0) is 43.9 Å². The van der Waals surface area contributed by atoms with Crippen molar-refractivity contribution in [2.45, 2.75) is 26.7 Å². The van der Waals surface area contributed by atoms with Crippen molar-refractivity contribution >= 4 is 5.91 Å². The van der Waals surface area contributed by atoms with Crippen molar-refractivity contribution in [1.82, 2.24) is 5.32 Å². The Kier molecular flexibility index (Phi) is 5.41. The molecule has 1 N–H and O–H groups in total. The summed E-state index contributed by atoms with van der Waals surface area (Å²) in [5.74, 6) is 1.12. The van der Waals surface area contributed by atoms with Gasteiger partial charge in [0.25, 0.3) is 0 Å². The molecule has 0 radical (unpaired) electrons. The number of hydrogen-bond acceptors (Lipinski definition) is 3. The molecule has 0 saturated carbocycles. The van der Waals surface area contributed by atoms with Crippen LogP contribution in [0.5, 0.6) is 5.75 Å². The first-order valence-electron chi connectivity index (χ1n) is 7.23. The van der Waals surface area contributed by atoms with E-state index in [2.05, 4.69) is 18.3 Å². The van der Waals surface area contributed by atoms with Gasteiger partial charge >= 0.3 is 0 Å². The van der Waals surface area contributed by atoms with Gasteiger partial charge in [-0.15, -0.1) is 0 Å². The Labute approximate surface area is 120 Å². The first kappa shape index (κ1) is 14.9. The van der Waals surface area contributed by atoms with Crippen molar-refractivity contribution in [3.8, 4) is 5.75 Å². The van der Waals surface area contributed by atoms with Crippen molar-refractivity contribution in [3.63, 3.8) is 0 Å². The van der Waals surface area contributed by atoms with Crippen molar-refractivity contribution in [2.24, 2.45) is 5.92 Å². The van der Waals surface area contributed by atoms with Crippen LogP contribution in [0, 0.1) is 19.8 Å². The fourth-order valence-electron chi connectivity index (χ4n) is 2.32. The second-order valence-electron chi connectivity index (χ2n) is 5.22. The summed E-state index contributed by atoms with van der Waals surface area (Å²) in [6.07, 6.45) is 1.65. The third-order valence-electron chi connectivity index (χ3n) is 3.81. The number of nitrogens with one attached hydrogen (secondary N) is 1. The van der Waals surface area contributed by atoms with Gasteiger partial charge in [-0.1, -0.05) is 12.1 Å². The molecule has 1 aromatic carbocycles. The number of rotatable bonds is 5. The lowest BCUT2D eigenvalue weighted by Crippen LogP contribution is -2.36. The van der Waals surface area contributed by atoms with E-state index >= 15 is 0 Å². The number of aryl methyl sites for hydroxylation is 1. The highest BCUT2D eigenvalue weighted by Crippen LogP contribution is 2.20. The van der Waals surface area contributed by atoms with Crippen LogP contribution in [0.2, 0.25) is 0 Å². The van der Waals surface area contributed by atoms with E-state index in [-0.39, 0.29) is 11.8 Å². The Morgan fingerprint density at radius 2 is 2.10 bits per heavy atom. The second kappa shape index (κ2) is 7.29. The van der Waals surface area contributed by atoms with Crippen LogP contribution in [0.15, 0.2) is 18.2 Å². The van der Waals surface area contributed by atoms with Crippen LogP contribution in [-0.2, 0) is 9.53 Å². The molecule has 4 heteroatoms. The van der Waals surface area contributed by atoms with Crippen molar-refractivity contribution in [1.29, 1.82) is 0 Å². The Morgan fingerprint density at radius 1 is 1.35 bits per heavy atom. The van der Waals surface area contributed by atoms with Gasteiger partial charge in [-0.2, -0.15) is 0 Å². The second-order valence-corrected chi connectivity index (χ2v) is 5.22. The summed E-state index contributed by atoms with van der Waals surface area (Å²) >= 11 is 0. The van der Waals surface area contributed by atoms with Gasteiger partial charge in [-0.3, -0.25) is 4.79 Å². The average molecular weight is 277 g/mol. The zero-order valence-corrected chi connectivity index (χ0v) is 12.3. The molecule has 2 rings (SSSR count). The molecule has 110 valence electrons. The van der Waals surface area contributed by atoms with E-state index < -0.39 is 0 Å². The number of carbonyl (C=O) groups is 1. The lowest BCUT2D eigenvalue weighted by atomic mass is 9.99. The minimum atomic E-state index is 0.101. The Bertz CT molecular complexity index is 453. The van der Waals surface area contributed by atoms with Crippen molar-refractivity contribution < 1.29 is 14.3 Å². The van der Waals surface area contributed by atoms with Crippen LogP contribution in [0.1, 0.15) is 24.0 Å². The number of carbonyl (C=O) groups excluding carboxylic acids is 1. The molecular formula is C16H23NO3. The molecule has 1 saturated heterocycles. The number of hydrogen-bond donors (Lipinski definition) is 1. The molecule has 0 aromatic heterocycles. The fourth-order valence-corrected chi connectivity index (χ4v) is 2.32. The average Bonchev–Trinajstić information content (AvgIpc) is 2.48. The van der Waals surface area contributed by atoms with E-state index in [9.17, 15) is 4.79 Å². The summed E-state index contributed by atoms with van der Waals surface area (Å²) in [6.45, 7) is 6.54. The summed E-state index contributed by atoms with van der Waals surface area (Å²) in [7, 11) is 0. The Morgan fingerprint density at radius 3 is 2.85 bits per heavy atom. The Balaban J connectivity index is 1.70. The largest absolute Gasteiger partial charge is 0.491 e. The molecule has 1 heterocycles. The molecule has 1 aromatic rings. The lowest BCUT2D eigenvalue weighted by molar-refractivity contribution is -0.127. The van der Waals surface area contributed by atoms with Gasteiger partial charge in [0.05, 0.1) is 6.54 Å². The highest BCUT2D eigenvalue weighted by atomic mass is 16.5. The standard InChI is InChI=1S/C16H23NO3/c1-12-4-3-5-15(13(12)2)20-11-8-17-16(18)14-6-9-19-10-7-14/h3-5,14H,6-11H2,1-2H3,(H,17,18). The van der Waals surface area contributed by atoms with Crippen LogP contribution in [-0.4, -0.2) is 32.3 Å². The van der Waals surface area contributed by atoms with E-state index in [1.165, 1.54) is 5.56 Å². The molecule has 1 aliphatic rings. The summed E-state index contributed by atoms with van der Waals surface area (Å²) in [5.41, 5.74) is 2.37. The molecule has 1 fully saturated rings. The summed E-state index contributed by atoms with van der Waals surface area (Å²) in [5, 5.41) is 2.94. The first-order valence-corrected chi connectivity index (χ1v) is 7.23. The summed E-state index contributed by atoms with van der Waals surface area (Å²) in [4.78, 5) is 11.9. The maximum Gasteiger partial charge on any atom is 0.223 e. The molecule has 20 heavy (non-hydrogen) atoms. The maximum atomic E-state index is 11.9. The third kappa shape index (κ3) is 3.97. The highest BCUT2D eigenvalue weighted by Gasteiger charge is 2.20. The first-order chi connectivity index (χ1) is 9.68. The van der Waals surface area contributed by atoms with E-state index in [1.54, 1.807) is 0 Å². The van der Waals surface area contributed by atoms with Gasteiger partial charge in [-0.25, -0.2) is 0 Å². The van der Waals surface area contributed by atoms with Gasteiger partial charge in [0.15, 0.2) is 0 Å². The van der Waals surface area contributed by atoms with E-state index in [1.807, 2.05) is 19.1 Å². The molecule has 0 bridgehead atoms. The maximum absolute atomic E-state index is 11.9. The van der Waals surface area contributed by atoms with Crippen LogP contribution in [0.25, 0.3) is 0 Å². The van der Waals surface area contributed by atoms with Crippen LogP contribution in [0.3, 0.4) is 0 Å². The van der Waals surface area contributed by atoms with Gasteiger partial charge in [0, 0.05) is 19.1 Å². The van der Waals surface area contributed by atoms with Crippen molar-refractivity contribution in [3.05, 3.63) is 29.3 Å². The van der Waals surface area contributed by atoms with E-state index in [0.717, 1.165) is 24.2 Å². The minimum absolute atomic E-state index is 0.101. The summed E-state index contributed by atoms with van der Waals surface area (Å²) < 4.78 is 11.0. The number of amides is 1. The zero-order chi connectivity index (χ0) is 14.4. The quantitative estimate of drug-likeness (QED) is 0.840. The molecule has 1 aliphatic heterocycles. The molecular weight excluding hydrogens is 254 g/mol. The minimum Gasteiger partial charge on any atom is -0.491 e. The van der Waals surface area contributed by atoms with Crippen LogP contribution >= 0.6 is 0 Å². The molecule has 0 atom stereocenters. The SMILES string of the molecule is Cc1cccc(OCCNC(=O)C2CCOCC2)c1C. The van der Waals surface area contributed by atoms with Gasteiger partial charge in [0.2, 0.25) is 5.91 Å². The summed E-state index contributed by atoms with van der Waals surface area (Å²) in [6, 6.07) is 6.01. The normalized spacial score (nSPS) is 15.9. The zero-order valence-electron chi connectivity index (χ0n) is 12.3. The number of benzene rings is 1. The highest BCUT2D eigenvalue weighted by molar-refractivity contribution is 5.78. The molecule has 1 amide bonds. The van der Waals surface area contributed by atoms with Crippen LogP contribution < -0.4 is 10.1 Å². The van der Waals surface area contributed by atoms with Gasteiger partial charge < -0.3 is 14.8 Å². The van der Waals surface area contributed by atoms with Gasteiger partial charge in [0.1, 0.15) is 12.4 Å². The predicted molar refractivity (Wildman–Crippen MR) is 78.0 cm³/mol. The van der Waals surface area contributed by atoms with E-state index in [0.29, 0.717) is 26.4 Å². The Hall–Kier alpha value is -1.55. The van der Waals surface area contributed by atoms with Crippen molar-refractivity contribution in [2.75, 3.05) is 26.4 Å². The fraction of sp³-hybridized carbons (Fsp3) is 0.562. The monoisotopic (exact) mass is 277 g/mol. The van der Waals surface area contributed by atoms with E-state index in [4.69, 9.17) is 9.47 Å².